The summed E-state index contributed by atoms with van der Waals surface area (Å²) in [4.78, 5) is 91.9. The molecule has 4 heterocycles. The van der Waals surface area contributed by atoms with Crippen molar-refractivity contribution in [1.29, 1.82) is 0 Å². The largest absolute Gasteiger partial charge is 0.460 e. The summed E-state index contributed by atoms with van der Waals surface area (Å²) < 4.78 is 24.1. The van der Waals surface area contributed by atoms with E-state index in [9.17, 15) is 44.2 Å². The number of carbonyl (C=O) groups excluding carboxylic acids is 6. The number of rotatable bonds is 8. The van der Waals surface area contributed by atoms with Crippen LogP contribution in [-0.2, 0) is 52.6 Å². The monoisotopic (exact) mass is 1050 g/mol. The van der Waals surface area contributed by atoms with E-state index in [1.54, 1.807) is 38.2 Å². The van der Waals surface area contributed by atoms with Crippen LogP contribution in [0.25, 0.3) is 0 Å². The number of ketones is 3. The number of amides is 1. The van der Waals surface area contributed by atoms with E-state index in [0.717, 1.165) is 16.0 Å². The first kappa shape index (κ1) is 60.7. The number of thiophene rings is 1. The predicted octanol–water partition coefficient (Wildman–Crippen LogP) is 8.35. The second-order valence-electron chi connectivity index (χ2n) is 21.8. The maximum Gasteiger partial charge on any atom is 0.333 e. The molecule has 17 heteroatoms. The van der Waals surface area contributed by atoms with E-state index in [2.05, 4.69) is 13.0 Å². The molecule has 5 rings (SSSR count). The summed E-state index contributed by atoms with van der Waals surface area (Å²) in [5.74, 6) is -9.80. The molecule has 0 radical (unpaired) electrons. The smallest absolute Gasteiger partial charge is 0.333 e. The molecule has 3 fully saturated rings. The van der Waals surface area contributed by atoms with Gasteiger partial charge in [-0.05, 0) is 137 Å². The van der Waals surface area contributed by atoms with Crippen molar-refractivity contribution >= 4 is 46.5 Å². The van der Waals surface area contributed by atoms with Gasteiger partial charge >= 0.3 is 11.9 Å². The first-order valence-corrected chi connectivity index (χ1v) is 27.5. The Kier molecular flexibility index (Phi) is 22.7. The maximum atomic E-state index is 14.6. The lowest BCUT2D eigenvalue weighted by atomic mass is 9.75. The van der Waals surface area contributed by atoms with Crippen molar-refractivity contribution in [2.24, 2.45) is 41.4 Å². The third-order valence-electron chi connectivity index (χ3n) is 16.1. The zero-order chi connectivity index (χ0) is 54.6. The van der Waals surface area contributed by atoms with Crippen LogP contribution in [0.15, 0.2) is 59.0 Å². The molecule has 3 N–H and O–H groups in total. The van der Waals surface area contributed by atoms with Crippen molar-refractivity contribution in [3.8, 4) is 0 Å². The lowest BCUT2D eigenvalue weighted by Gasteiger charge is -2.43. The summed E-state index contributed by atoms with van der Waals surface area (Å²) in [6.45, 7) is 14.9. The zero-order valence-corrected chi connectivity index (χ0v) is 46.3. The Morgan fingerprint density at radius 3 is 2.32 bits per heavy atom. The SMILES string of the molecule is CO[C@@H]1C[C@H](C[C@@H](C)[C@@H]2CC(=O)[C@H](C)/C=C(\C)[C@@H](O)[C@@H](OC)C(=O)[C@H](C)C[C@H](C)\C=C/C=C/C=C(\C)[C@@H](c3ccsc3C)C[C@@H]3CC[C@@H](C)[C@@](O)(O3)C(=O)C(=O)N3CCCC[C@H]3C(=O)O2)CC[C@H]1C(=O)ON(C)O. The number of cyclic esters (lactones) is 1. The number of hydrogen-bond donors (Lipinski definition) is 3. The van der Waals surface area contributed by atoms with Crippen LogP contribution in [0.3, 0.4) is 0 Å². The van der Waals surface area contributed by atoms with Crippen LogP contribution in [0.2, 0.25) is 0 Å². The topological polar surface area (TPSA) is 216 Å². The van der Waals surface area contributed by atoms with Gasteiger partial charge in [-0.1, -0.05) is 76.6 Å². The standard InChI is InChI=1S/C57H84N2O14S/c1-33-17-13-12-14-18-34(2)45(43-24-26-74-40(43)8)31-42-22-20-39(7)57(67,72-42)53(63)54(64)59-25-16-15-19-46(59)56(66)71-48(36(4)29-41-21-23-44(49(30-41)69-10)55(65)73-58(9)68)32-47(60)35(3)28-38(6)51(62)52(70-11)50(61)37(5)27-33/h12-14,17-18,24,26,28,33,35-37,39,41-42,44-46,48-49,51-52,62,67-68H,15-16,19-23,25,27,29-32H2,1-11H3/b14-12+,17-13-,34-18+,38-28+/t33-,35-,36-,37-,39-,41+,42+,44-,45+,46+,48+,49-,51-,52+,57-/m1/s1. The number of piperidine rings is 1. The van der Waals surface area contributed by atoms with Crippen LogP contribution >= 0.6 is 11.3 Å². The Morgan fingerprint density at radius 1 is 0.932 bits per heavy atom. The molecule has 74 heavy (non-hydrogen) atoms. The Morgan fingerprint density at radius 2 is 1.66 bits per heavy atom. The van der Waals surface area contributed by atoms with Crippen LogP contribution in [0.4, 0.5) is 0 Å². The molecule has 2 saturated heterocycles. The van der Waals surface area contributed by atoms with Gasteiger partial charge in [0.15, 0.2) is 5.78 Å². The van der Waals surface area contributed by atoms with Crippen LogP contribution in [0.5, 0.6) is 0 Å². The number of carbonyl (C=O) groups is 6. The average molecular weight is 1050 g/mol. The van der Waals surface area contributed by atoms with E-state index in [4.69, 9.17) is 23.8 Å². The van der Waals surface area contributed by atoms with Gasteiger partial charge < -0.3 is 38.9 Å². The highest BCUT2D eigenvalue weighted by Gasteiger charge is 2.53. The number of methoxy groups -OCH3 is 2. The van der Waals surface area contributed by atoms with Gasteiger partial charge in [-0.15, -0.1) is 11.3 Å². The van der Waals surface area contributed by atoms with Crippen LogP contribution < -0.4 is 0 Å². The second kappa shape index (κ2) is 27.7. The van der Waals surface area contributed by atoms with Gasteiger partial charge in [-0.3, -0.25) is 24.4 Å². The van der Waals surface area contributed by atoms with Crippen molar-refractivity contribution in [1.82, 2.24) is 10.1 Å². The molecule has 16 nitrogen and oxygen atoms in total. The highest BCUT2D eigenvalue weighted by atomic mass is 32.1. The van der Waals surface area contributed by atoms with Gasteiger partial charge in [-0.2, -0.15) is 0 Å². The van der Waals surface area contributed by atoms with E-state index < -0.39 is 95.6 Å². The minimum absolute atomic E-state index is 0.00335. The number of nitrogens with zero attached hydrogens (tertiary/aromatic N) is 2. The fraction of sp³-hybridized carbons (Fsp3) is 0.684. The van der Waals surface area contributed by atoms with Crippen molar-refractivity contribution in [3.05, 3.63) is 69.5 Å². The molecule has 412 valence electrons. The number of esters is 1. The molecule has 1 saturated carbocycles. The molecule has 1 aromatic heterocycles. The fourth-order valence-electron chi connectivity index (χ4n) is 11.5. The number of aliphatic hydroxyl groups excluding tert-OH is 1. The lowest BCUT2D eigenvalue weighted by molar-refractivity contribution is -0.306. The van der Waals surface area contributed by atoms with Crippen molar-refractivity contribution in [3.63, 3.8) is 0 Å². The number of aryl methyl sites for hydroxylation is 1. The van der Waals surface area contributed by atoms with Crippen LogP contribution in [-0.4, -0.2) is 131 Å². The maximum absolute atomic E-state index is 14.6. The summed E-state index contributed by atoms with van der Waals surface area (Å²) >= 11 is 1.63. The first-order valence-electron chi connectivity index (χ1n) is 26.6. The van der Waals surface area contributed by atoms with Gasteiger partial charge in [0, 0.05) is 55.7 Å². The van der Waals surface area contributed by atoms with Crippen LogP contribution in [0.1, 0.15) is 142 Å². The molecular weight excluding hydrogens is 969 g/mol. The van der Waals surface area contributed by atoms with E-state index in [1.165, 1.54) is 26.2 Å². The Bertz CT molecular complexity index is 2230. The number of ether oxygens (including phenoxy) is 4. The van der Waals surface area contributed by atoms with Gasteiger partial charge in [0.1, 0.15) is 30.1 Å². The second-order valence-corrected chi connectivity index (χ2v) is 22.9. The molecule has 1 aromatic rings. The summed E-state index contributed by atoms with van der Waals surface area (Å²) in [5.41, 5.74) is 2.50. The Labute approximate surface area is 442 Å². The van der Waals surface area contributed by atoms with Crippen molar-refractivity contribution in [2.75, 3.05) is 27.8 Å². The summed E-state index contributed by atoms with van der Waals surface area (Å²) in [6.07, 6.45) is 11.6. The molecule has 4 aliphatic rings. The highest BCUT2D eigenvalue weighted by molar-refractivity contribution is 7.10. The minimum atomic E-state index is -2.45. The van der Waals surface area contributed by atoms with Crippen LogP contribution in [0, 0.1) is 48.3 Å². The molecule has 3 aliphatic heterocycles. The molecule has 0 aromatic carbocycles. The van der Waals surface area contributed by atoms with Crippen molar-refractivity contribution in [2.45, 2.75) is 181 Å². The molecule has 0 spiro atoms. The number of hydroxylamine groups is 2. The zero-order valence-electron chi connectivity index (χ0n) is 45.5. The summed E-state index contributed by atoms with van der Waals surface area (Å²) in [7, 11) is 4.07. The fourth-order valence-corrected chi connectivity index (χ4v) is 12.3. The molecular formula is C57H84N2O14S. The van der Waals surface area contributed by atoms with Crippen molar-refractivity contribution < 1.29 is 68.0 Å². The first-order chi connectivity index (χ1) is 35.0. The third kappa shape index (κ3) is 15.5. The van der Waals surface area contributed by atoms with E-state index in [0.29, 0.717) is 75.0 Å². The molecule has 1 amide bonds. The number of hydrogen-bond acceptors (Lipinski definition) is 16. The van der Waals surface area contributed by atoms with Gasteiger partial charge in [-0.25, -0.2) is 9.59 Å². The Hall–Kier alpha value is -4.20. The molecule has 15 atom stereocenters. The van der Waals surface area contributed by atoms with E-state index in [-0.39, 0.29) is 48.7 Å². The van der Waals surface area contributed by atoms with Gasteiger partial charge in [0.25, 0.3) is 11.7 Å². The lowest BCUT2D eigenvalue weighted by Crippen LogP contribution is -2.60. The average Bonchev–Trinajstić information content (AvgIpc) is 3.79. The number of allylic oxidation sites excluding steroid dienone is 7. The van der Waals surface area contributed by atoms with E-state index in [1.807, 2.05) is 63.5 Å². The highest BCUT2D eigenvalue weighted by Crippen LogP contribution is 2.42. The van der Waals surface area contributed by atoms with E-state index >= 15 is 0 Å². The third-order valence-corrected chi connectivity index (χ3v) is 17.0. The normalized spacial score (nSPS) is 36.9. The number of Topliss-reactive ketones (excluding diaryl/α,β-unsaturated/α-hetero) is 3. The minimum Gasteiger partial charge on any atom is -0.460 e. The Balaban J connectivity index is 1.50. The molecule has 0 unspecified atom stereocenters. The predicted molar refractivity (Wildman–Crippen MR) is 279 cm³/mol. The number of fused-ring (bicyclic) bond motifs is 3. The quantitative estimate of drug-likeness (QED) is 0.0965. The molecule has 1 aliphatic carbocycles. The van der Waals surface area contributed by atoms with Gasteiger partial charge in [0.2, 0.25) is 5.79 Å². The summed E-state index contributed by atoms with van der Waals surface area (Å²) in [5, 5.41) is 35.7. The molecule has 2 bridgehead atoms. The number of aliphatic hydroxyl groups is 2. The van der Waals surface area contributed by atoms with Gasteiger partial charge in [0.05, 0.1) is 25.2 Å². The summed E-state index contributed by atoms with van der Waals surface area (Å²) in [6, 6.07) is 0.893.